The van der Waals surface area contributed by atoms with E-state index in [0.717, 1.165) is 5.56 Å². The topological polar surface area (TPSA) is 66.2 Å². The summed E-state index contributed by atoms with van der Waals surface area (Å²) in [5.41, 5.74) is 3.24. The molecular weight excluding hydrogens is 493 g/mol. The van der Waals surface area contributed by atoms with E-state index in [2.05, 4.69) is 24.2 Å². The lowest BCUT2D eigenvalue weighted by Crippen LogP contribution is -2.47. The standard InChI is InChI=1S/C23H17Cl2N3O2.2C3H6/c24-20-7-6-17(10-21(20)25)23(29)28-13-18-4-2-1-3-16(18)9-19(28)14-30-22-8-5-15(11-26)12-27-22;2*1-3-2/h1-8,10,12,19H,9,13-14H2;2*3H,1H2,2H3. The number of aromatic nitrogens is 1. The highest BCUT2D eigenvalue weighted by atomic mass is 35.5. The summed E-state index contributed by atoms with van der Waals surface area (Å²) in [5.74, 6) is 0.277. The van der Waals surface area contributed by atoms with Crippen LogP contribution in [0.5, 0.6) is 5.88 Å². The van der Waals surface area contributed by atoms with Crippen molar-refractivity contribution in [3.05, 3.63) is 118 Å². The van der Waals surface area contributed by atoms with Crippen molar-refractivity contribution in [2.75, 3.05) is 6.61 Å². The molecule has 2 heterocycles. The third-order valence-corrected chi connectivity index (χ3v) is 5.81. The third-order valence-electron chi connectivity index (χ3n) is 5.07. The Morgan fingerprint density at radius 3 is 2.36 bits per heavy atom. The van der Waals surface area contributed by atoms with E-state index in [9.17, 15) is 4.79 Å². The van der Waals surface area contributed by atoms with Gasteiger partial charge in [-0.1, -0.05) is 59.6 Å². The molecule has 1 aliphatic rings. The second kappa shape index (κ2) is 14.7. The minimum Gasteiger partial charge on any atom is -0.475 e. The van der Waals surface area contributed by atoms with Crippen LogP contribution in [0, 0.1) is 11.3 Å². The molecule has 4 rings (SSSR count). The summed E-state index contributed by atoms with van der Waals surface area (Å²) in [7, 11) is 0. The zero-order chi connectivity index (χ0) is 26.5. The van der Waals surface area contributed by atoms with Crippen molar-refractivity contribution in [1.82, 2.24) is 9.88 Å². The SMILES string of the molecule is C=CC.C=CC.N#Cc1ccc(OCC2Cc3ccccc3CN2C(=O)c2ccc(Cl)c(Cl)c2)nc1. The van der Waals surface area contributed by atoms with Crippen LogP contribution in [-0.2, 0) is 13.0 Å². The van der Waals surface area contributed by atoms with E-state index >= 15 is 0 Å². The molecule has 7 heteroatoms. The predicted octanol–water partition coefficient (Wildman–Crippen LogP) is 7.29. The molecule has 0 aliphatic carbocycles. The van der Waals surface area contributed by atoms with Crippen molar-refractivity contribution in [2.24, 2.45) is 0 Å². The molecule has 3 aromatic rings. The molecule has 1 unspecified atom stereocenters. The fourth-order valence-electron chi connectivity index (χ4n) is 3.48. The van der Waals surface area contributed by atoms with Gasteiger partial charge in [0.15, 0.2) is 0 Å². The molecule has 0 N–H and O–H groups in total. The van der Waals surface area contributed by atoms with E-state index < -0.39 is 0 Å². The van der Waals surface area contributed by atoms with Gasteiger partial charge in [-0.2, -0.15) is 5.26 Å². The highest BCUT2D eigenvalue weighted by Gasteiger charge is 2.31. The van der Waals surface area contributed by atoms with Crippen LogP contribution < -0.4 is 4.74 Å². The number of carbonyl (C=O) groups is 1. The third kappa shape index (κ3) is 7.98. The normalized spacial score (nSPS) is 13.4. The van der Waals surface area contributed by atoms with Crippen LogP contribution in [0.4, 0.5) is 0 Å². The predicted molar refractivity (Wildman–Crippen MR) is 146 cm³/mol. The number of ether oxygens (including phenoxy) is 1. The van der Waals surface area contributed by atoms with Gasteiger partial charge in [0.25, 0.3) is 5.91 Å². The van der Waals surface area contributed by atoms with Gasteiger partial charge >= 0.3 is 0 Å². The molecule has 1 aliphatic heterocycles. The largest absolute Gasteiger partial charge is 0.475 e. The van der Waals surface area contributed by atoms with Gasteiger partial charge in [-0.15, -0.1) is 13.2 Å². The maximum Gasteiger partial charge on any atom is 0.254 e. The Kier molecular flexibility index (Phi) is 11.7. The molecule has 0 saturated carbocycles. The van der Waals surface area contributed by atoms with Crippen LogP contribution >= 0.6 is 23.2 Å². The molecule has 0 spiro atoms. The fourth-order valence-corrected chi connectivity index (χ4v) is 3.78. The van der Waals surface area contributed by atoms with E-state index in [-0.39, 0.29) is 18.6 Å². The number of halogens is 2. The summed E-state index contributed by atoms with van der Waals surface area (Å²) in [6.45, 7) is 11.3. The maximum absolute atomic E-state index is 13.3. The van der Waals surface area contributed by atoms with Gasteiger partial charge in [0, 0.05) is 24.4 Å². The highest BCUT2D eigenvalue weighted by Crippen LogP contribution is 2.28. The van der Waals surface area contributed by atoms with Gasteiger partial charge in [-0.25, -0.2) is 4.98 Å². The Labute approximate surface area is 223 Å². The molecule has 5 nitrogen and oxygen atoms in total. The van der Waals surface area contributed by atoms with Gasteiger partial charge in [-0.3, -0.25) is 4.79 Å². The van der Waals surface area contributed by atoms with Gasteiger partial charge < -0.3 is 9.64 Å². The minimum atomic E-state index is -0.181. The first-order chi connectivity index (χ1) is 17.4. The van der Waals surface area contributed by atoms with Crippen LogP contribution in [0.25, 0.3) is 0 Å². The maximum atomic E-state index is 13.3. The Morgan fingerprint density at radius 2 is 1.78 bits per heavy atom. The van der Waals surface area contributed by atoms with Crippen molar-refractivity contribution in [2.45, 2.75) is 32.9 Å². The molecular formula is C29H29Cl2N3O2. The first-order valence-electron chi connectivity index (χ1n) is 11.3. The highest BCUT2D eigenvalue weighted by molar-refractivity contribution is 6.42. The second-order valence-corrected chi connectivity index (χ2v) is 8.63. The zero-order valence-corrected chi connectivity index (χ0v) is 22.0. The molecule has 0 saturated heterocycles. The van der Waals surface area contributed by atoms with Crippen molar-refractivity contribution in [3.8, 4) is 11.9 Å². The van der Waals surface area contributed by atoms with Gasteiger partial charge in [0.2, 0.25) is 5.88 Å². The van der Waals surface area contributed by atoms with Crippen LogP contribution in [-0.4, -0.2) is 28.4 Å². The second-order valence-electron chi connectivity index (χ2n) is 7.81. The molecule has 1 amide bonds. The van der Waals surface area contributed by atoms with Gasteiger partial charge in [0.1, 0.15) is 12.7 Å². The average Bonchev–Trinajstić information content (AvgIpc) is 2.89. The average molecular weight is 522 g/mol. The quantitative estimate of drug-likeness (QED) is 0.338. The molecule has 0 fully saturated rings. The molecule has 36 heavy (non-hydrogen) atoms. The molecule has 186 valence electrons. The summed E-state index contributed by atoms with van der Waals surface area (Å²) >= 11 is 12.1. The summed E-state index contributed by atoms with van der Waals surface area (Å²) in [4.78, 5) is 19.2. The number of amides is 1. The summed E-state index contributed by atoms with van der Waals surface area (Å²) in [5, 5.41) is 9.65. The number of nitrogens with zero attached hydrogens (tertiary/aromatic N) is 3. The van der Waals surface area contributed by atoms with Gasteiger partial charge in [-0.05, 0) is 55.7 Å². The number of carbonyl (C=O) groups excluding carboxylic acids is 1. The number of hydrogen-bond donors (Lipinski definition) is 0. The van der Waals surface area contributed by atoms with E-state index in [1.807, 2.05) is 38.1 Å². The van der Waals surface area contributed by atoms with Crippen molar-refractivity contribution in [1.29, 1.82) is 5.26 Å². The molecule has 1 atom stereocenters. The van der Waals surface area contributed by atoms with Gasteiger partial charge in [0.05, 0.1) is 21.7 Å². The Hall–Kier alpha value is -3.59. The monoisotopic (exact) mass is 521 g/mol. The number of allylic oxidation sites excluding steroid dienone is 2. The smallest absolute Gasteiger partial charge is 0.254 e. The summed E-state index contributed by atoms with van der Waals surface area (Å²) < 4.78 is 5.86. The zero-order valence-electron chi connectivity index (χ0n) is 20.5. The molecule has 0 radical (unpaired) electrons. The van der Waals surface area contributed by atoms with Crippen molar-refractivity contribution in [3.63, 3.8) is 0 Å². The van der Waals surface area contributed by atoms with Crippen LogP contribution in [0.15, 0.2) is 86.1 Å². The first kappa shape index (κ1) is 28.6. The Morgan fingerprint density at radius 1 is 1.11 bits per heavy atom. The first-order valence-corrected chi connectivity index (χ1v) is 12.1. The number of fused-ring (bicyclic) bond motifs is 1. The minimum absolute atomic E-state index is 0.135. The van der Waals surface area contributed by atoms with E-state index in [1.54, 1.807) is 47.4 Å². The van der Waals surface area contributed by atoms with Crippen LogP contribution in [0.3, 0.4) is 0 Å². The number of pyridine rings is 1. The lowest BCUT2D eigenvalue weighted by molar-refractivity contribution is 0.0562. The van der Waals surface area contributed by atoms with E-state index in [0.29, 0.717) is 40.0 Å². The fraction of sp³-hybridized carbons (Fsp3) is 0.207. The summed E-state index contributed by atoms with van der Waals surface area (Å²) in [6.07, 6.45) is 5.63. The number of nitriles is 1. The Balaban J connectivity index is 0.000000693. The summed E-state index contributed by atoms with van der Waals surface area (Å²) in [6, 6.07) is 18.1. The van der Waals surface area contributed by atoms with E-state index in [1.165, 1.54) is 11.8 Å². The lowest BCUT2D eigenvalue weighted by atomic mass is 9.93. The van der Waals surface area contributed by atoms with Crippen LogP contribution in [0.2, 0.25) is 10.0 Å². The number of hydrogen-bond acceptors (Lipinski definition) is 4. The molecule has 2 aromatic carbocycles. The van der Waals surface area contributed by atoms with E-state index in [4.69, 9.17) is 33.2 Å². The number of rotatable bonds is 4. The van der Waals surface area contributed by atoms with Crippen LogP contribution in [0.1, 0.15) is 40.9 Å². The van der Waals surface area contributed by atoms with Crippen molar-refractivity contribution >= 4 is 29.1 Å². The lowest BCUT2D eigenvalue weighted by Gasteiger charge is -2.36. The number of benzene rings is 2. The molecule has 1 aromatic heterocycles. The molecule has 0 bridgehead atoms. The Bertz CT molecular complexity index is 1210. The van der Waals surface area contributed by atoms with Crippen molar-refractivity contribution < 1.29 is 9.53 Å².